The molecular weight excluding hydrogens is 274 g/mol. The summed E-state index contributed by atoms with van der Waals surface area (Å²) in [6, 6.07) is 1.44. The standard InChI is InChI=1S/C12H12F2N2O2S/c1-2-4-19-5-3-15-8-9-6-12(16(17)18)11(14)7-10(9)13/h1,6-7,15H,3-5,8H2. The molecule has 0 bridgehead atoms. The Labute approximate surface area is 113 Å². The molecule has 0 aliphatic rings. The van der Waals surface area contributed by atoms with Crippen molar-refractivity contribution < 1.29 is 13.7 Å². The summed E-state index contributed by atoms with van der Waals surface area (Å²) < 4.78 is 26.5. The van der Waals surface area contributed by atoms with Gasteiger partial charge in [0.15, 0.2) is 0 Å². The van der Waals surface area contributed by atoms with E-state index in [2.05, 4.69) is 11.2 Å². The number of hydrogen-bond donors (Lipinski definition) is 1. The molecule has 0 fully saturated rings. The predicted molar refractivity (Wildman–Crippen MR) is 70.9 cm³/mol. The van der Waals surface area contributed by atoms with Crippen molar-refractivity contribution in [1.82, 2.24) is 5.32 Å². The third-order valence-electron chi connectivity index (χ3n) is 2.24. The van der Waals surface area contributed by atoms with Crippen LogP contribution in [0.4, 0.5) is 14.5 Å². The zero-order chi connectivity index (χ0) is 14.3. The molecule has 0 saturated heterocycles. The SMILES string of the molecule is C#CCSCCNCc1cc([N+](=O)[O-])c(F)cc1F. The quantitative estimate of drug-likeness (QED) is 0.362. The lowest BCUT2D eigenvalue weighted by Gasteiger charge is -2.06. The van der Waals surface area contributed by atoms with Gasteiger partial charge in [-0.15, -0.1) is 18.2 Å². The third kappa shape index (κ3) is 4.85. The van der Waals surface area contributed by atoms with Gasteiger partial charge < -0.3 is 5.32 Å². The highest BCUT2D eigenvalue weighted by molar-refractivity contribution is 7.99. The van der Waals surface area contributed by atoms with Gasteiger partial charge in [-0.25, -0.2) is 4.39 Å². The molecule has 19 heavy (non-hydrogen) atoms. The van der Waals surface area contributed by atoms with E-state index in [1.54, 1.807) is 11.8 Å². The van der Waals surface area contributed by atoms with Crippen molar-refractivity contribution in [3.8, 4) is 12.3 Å². The van der Waals surface area contributed by atoms with Crippen LogP contribution in [0.25, 0.3) is 0 Å². The molecule has 1 N–H and O–H groups in total. The van der Waals surface area contributed by atoms with Crippen LogP contribution in [0.5, 0.6) is 0 Å². The zero-order valence-corrected chi connectivity index (χ0v) is 10.8. The van der Waals surface area contributed by atoms with E-state index in [0.29, 0.717) is 18.4 Å². The molecule has 0 aliphatic carbocycles. The predicted octanol–water partition coefficient (Wildman–Crippen LogP) is 2.33. The Morgan fingerprint density at radius 2 is 2.16 bits per heavy atom. The first-order chi connectivity index (χ1) is 9.06. The van der Waals surface area contributed by atoms with Crippen molar-refractivity contribution in [3.05, 3.63) is 39.4 Å². The van der Waals surface area contributed by atoms with E-state index in [1.165, 1.54) is 0 Å². The number of terminal acetylenes is 1. The lowest BCUT2D eigenvalue weighted by molar-refractivity contribution is -0.387. The number of hydrogen-bond acceptors (Lipinski definition) is 4. The maximum absolute atomic E-state index is 13.4. The van der Waals surface area contributed by atoms with Gasteiger partial charge in [-0.05, 0) is 0 Å². The molecule has 1 rings (SSSR count). The second-order valence-corrected chi connectivity index (χ2v) is 4.69. The van der Waals surface area contributed by atoms with E-state index in [0.717, 1.165) is 11.8 Å². The maximum atomic E-state index is 13.4. The van der Waals surface area contributed by atoms with Gasteiger partial charge in [-0.2, -0.15) is 4.39 Å². The van der Waals surface area contributed by atoms with Gasteiger partial charge in [-0.3, -0.25) is 10.1 Å². The molecule has 0 radical (unpaired) electrons. The Hall–Kier alpha value is -1.65. The second-order valence-electron chi connectivity index (χ2n) is 3.59. The van der Waals surface area contributed by atoms with Crippen molar-refractivity contribution in [3.63, 3.8) is 0 Å². The van der Waals surface area contributed by atoms with Gasteiger partial charge in [-0.1, -0.05) is 5.92 Å². The van der Waals surface area contributed by atoms with Crippen molar-refractivity contribution in [2.24, 2.45) is 0 Å². The number of nitro benzene ring substituents is 1. The minimum Gasteiger partial charge on any atom is -0.312 e. The fourth-order valence-corrected chi connectivity index (χ4v) is 1.91. The second kappa shape index (κ2) is 7.71. The number of thioether (sulfide) groups is 1. The molecule has 0 heterocycles. The van der Waals surface area contributed by atoms with Crippen LogP contribution in [-0.4, -0.2) is 23.0 Å². The molecule has 0 spiro atoms. The summed E-state index contributed by atoms with van der Waals surface area (Å²) in [5.74, 6) is 1.84. The third-order valence-corrected chi connectivity index (χ3v) is 3.10. The van der Waals surface area contributed by atoms with Crippen molar-refractivity contribution >= 4 is 17.4 Å². The van der Waals surface area contributed by atoms with Gasteiger partial charge in [0.2, 0.25) is 5.82 Å². The summed E-state index contributed by atoms with van der Waals surface area (Å²) in [6.07, 6.45) is 5.07. The van der Waals surface area contributed by atoms with Crippen LogP contribution < -0.4 is 5.32 Å². The summed E-state index contributed by atoms with van der Waals surface area (Å²) in [7, 11) is 0. The maximum Gasteiger partial charge on any atom is 0.305 e. The van der Waals surface area contributed by atoms with E-state index >= 15 is 0 Å². The van der Waals surface area contributed by atoms with Gasteiger partial charge in [0, 0.05) is 36.5 Å². The van der Waals surface area contributed by atoms with E-state index in [1.807, 2.05) is 0 Å². The van der Waals surface area contributed by atoms with E-state index < -0.39 is 22.2 Å². The Balaban J connectivity index is 2.56. The molecule has 0 unspecified atom stereocenters. The largest absolute Gasteiger partial charge is 0.312 e. The van der Waals surface area contributed by atoms with Crippen LogP contribution in [0.3, 0.4) is 0 Å². The fourth-order valence-electron chi connectivity index (χ4n) is 1.35. The molecule has 0 saturated carbocycles. The number of nitro groups is 1. The van der Waals surface area contributed by atoms with Crippen molar-refractivity contribution in [2.45, 2.75) is 6.54 Å². The molecule has 1 aromatic rings. The topological polar surface area (TPSA) is 55.2 Å². The van der Waals surface area contributed by atoms with Crippen LogP contribution in [0.15, 0.2) is 12.1 Å². The molecule has 0 aromatic heterocycles. The number of halogens is 2. The molecule has 7 heteroatoms. The molecule has 102 valence electrons. The molecule has 0 amide bonds. The summed E-state index contributed by atoms with van der Waals surface area (Å²) in [5.41, 5.74) is -0.657. The van der Waals surface area contributed by atoms with Crippen molar-refractivity contribution in [2.75, 3.05) is 18.1 Å². The minimum atomic E-state index is -1.17. The lowest BCUT2D eigenvalue weighted by atomic mass is 10.2. The molecule has 0 aliphatic heterocycles. The average molecular weight is 286 g/mol. The van der Waals surface area contributed by atoms with E-state index in [-0.39, 0.29) is 12.1 Å². The van der Waals surface area contributed by atoms with Crippen LogP contribution in [0, 0.1) is 34.1 Å². The molecular formula is C12H12F2N2O2S. The monoisotopic (exact) mass is 286 g/mol. The lowest BCUT2D eigenvalue weighted by Crippen LogP contribution is -2.17. The number of nitrogens with zero attached hydrogens (tertiary/aromatic N) is 1. The molecule has 0 atom stereocenters. The normalized spacial score (nSPS) is 10.2. The highest BCUT2D eigenvalue weighted by Gasteiger charge is 2.17. The average Bonchev–Trinajstić information content (AvgIpc) is 2.35. The number of benzene rings is 1. The zero-order valence-electron chi connectivity index (χ0n) is 9.99. The first-order valence-corrected chi connectivity index (χ1v) is 6.56. The van der Waals surface area contributed by atoms with Crippen LogP contribution >= 0.6 is 11.8 Å². The summed E-state index contributed by atoms with van der Waals surface area (Å²) in [4.78, 5) is 9.66. The fraction of sp³-hybridized carbons (Fsp3) is 0.333. The Morgan fingerprint density at radius 1 is 1.42 bits per heavy atom. The van der Waals surface area contributed by atoms with E-state index in [9.17, 15) is 18.9 Å². The first kappa shape index (κ1) is 15.4. The van der Waals surface area contributed by atoms with Crippen LogP contribution in [-0.2, 0) is 6.54 Å². The van der Waals surface area contributed by atoms with Gasteiger partial charge in [0.25, 0.3) is 0 Å². The smallest absolute Gasteiger partial charge is 0.305 e. The highest BCUT2D eigenvalue weighted by atomic mass is 32.2. The van der Waals surface area contributed by atoms with Crippen molar-refractivity contribution in [1.29, 1.82) is 0 Å². The van der Waals surface area contributed by atoms with E-state index in [4.69, 9.17) is 6.42 Å². The van der Waals surface area contributed by atoms with Crippen LogP contribution in [0.1, 0.15) is 5.56 Å². The Bertz CT molecular complexity index is 503. The molecule has 1 aromatic carbocycles. The summed E-state index contributed by atoms with van der Waals surface area (Å²) in [5, 5.41) is 13.4. The Morgan fingerprint density at radius 3 is 2.79 bits per heavy atom. The number of rotatable bonds is 7. The summed E-state index contributed by atoms with van der Waals surface area (Å²) >= 11 is 1.54. The minimum absolute atomic E-state index is 0.0649. The Kier molecular flexibility index (Phi) is 6.25. The molecule has 4 nitrogen and oxygen atoms in total. The first-order valence-electron chi connectivity index (χ1n) is 5.40. The van der Waals surface area contributed by atoms with Gasteiger partial charge >= 0.3 is 5.69 Å². The number of nitrogens with one attached hydrogen (secondary N) is 1. The highest BCUT2D eigenvalue weighted by Crippen LogP contribution is 2.21. The van der Waals surface area contributed by atoms with Crippen LogP contribution in [0.2, 0.25) is 0 Å². The van der Waals surface area contributed by atoms with Gasteiger partial charge in [0.05, 0.1) is 10.7 Å². The summed E-state index contributed by atoms with van der Waals surface area (Å²) in [6.45, 7) is 0.681. The van der Waals surface area contributed by atoms with Gasteiger partial charge in [0.1, 0.15) is 5.82 Å².